The van der Waals surface area contributed by atoms with Crippen LogP contribution in [0.1, 0.15) is 5.56 Å². The lowest BCUT2D eigenvalue weighted by Gasteiger charge is -2.13. The second-order valence-electron chi connectivity index (χ2n) is 4.34. The average Bonchev–Trinajstić information content (AvgIpc) is 2.77. The predicted molar refractivity (Wildman–Crippen MR) is 83.9 cm³/mol. The van der Waals surface area contributed by atoms with E-state index in [1.807, 2.05) is 24.3 Å². The molecule has 0 spiro atoms. The molecule has 112 valence electrons. The first-order chi connectivity index (χ1) is 10.1. The molecule has 0 saturated carbocycles. The average molecular weight is 372 g/mol. The van der Waals surface area contributed by atoms with Crippen molar-refractivity contribution >= 4 is 44.9 Å². The number of hydrogen-bond acceptors (Lipinski definition) is 4. The molecule has 21 heavy (non-hydrogen) atoms. The summed E-state index contributed by atoms with van der Waals surface area (Å²) in [5.41, 5.74) is 0.973. The van der Waals surface area contributed by atoms with Gasteiger partial charge in [0.05, 0.1) is 5.75 Å². The van der Waals surface area contributed by atoms with Gasteiger partial charge in [0, 0.05) is 24.1 Å². The first-order valence-electron chi connectivity index (χ1n) is 6.29. The van der Waals surface area contributed by atoms with Crippen molar-refractivity contribution in [3.63, 3.8) is 0 Å². The monoisotopic (exact) mass is 371 g/mol. The number of carbonyl (C=O) groups is 3. The summed E-state index contributed by atoms with van der Waals surface area (Å²) in [4.78, 5) is 35.5. The molecule has 8 heteroatoms. The summed E-state index contributed by atoms with van der Waals surface area (Å²) in [7, 11) is 0. The number of thioether (sulfide) groups is 1. The number of amides is 4. The molecule has 0 atom stereocenters. The van der Waals surface area contributed by atoms with Crippen LogP contribution in [-0.2, 0) is 11.3 Å². The number of rotatable bonds is 5. The number of imide groups is 1. The fourth-order valence-electron chi connectivity index (χ4n) is 1.77. The molecule has 1 aromatic carbocycles. The Morgan fingerprint density at radius 2 is 2.14 bits per heavy atom. The van der Waals surface area contributed by atoms with E-state index in [-0.39, 0.29) is 36.0 Å². The third-order valence-electron chi connectivity index (χ3n) is 2.80. The van der Waals surface area contributed by atoms with E-state index in [2.05, 4.69) is 26.6 Å². The molecule has 4 amide bonds. The lowest BCUT2D eigenvalue weighted by molar-refractivity contribution is -0.124. The Kier molecular flexibility index (Phi) is 5.63. The van der Waals surface area contributed by atoms with Crippen molar-refractivity contribution < 1.29 is 14.4 Å². The molecule has 1 fully saturated rings. The lowest BCUT2D eigenvalue weighted by Crippen LogP contribution is -2.41. The highest BCUT2D eigenvalue weighted by Crippen LogP contribution is 2.17. The van der Waals surface area contributed by atoms with Crippen LogP contribution in [-0.4, -0.2) is 40.9 Å². The van der Waals surface area contributed by atoms with Crippen LogP contribution in [0.2, 0.25) is 0 Å². The molecular formula is C13H14BrN3O3S. The standard InChI is InChI=1S/C13H14BrN3O3S/c14-10-3-1-2-9(6-10)7-16-12(19)15-4-5-17-11(18)8-21-13(17)20/h1-3,6H,4-5,7-8H2,(H2,15,16,19). The van der Waals surface area contributed by atoms with Crippen molar-refractivity contribution in [2.24, 2.45) is 0 Å². The summed E-state index contributed by atoms with van der Waals surface area (Å²) in [5.74, 6) is -0.0187. The summed E-state index contributed by atoms with van der Waals surface area (Å²) in [6.45, 7) is 0.847. The quantitative estimate of drug-likeness (QED) is 0.828. The zero-order valence-corrected chi connectivity index (χ0v) is 13.5. The van der Waals surface area contributed by atoms with E-state index in [1.165, 1.54) is 0 Å². The van der Waals surface area contributed by atoms with Crippen molar-refractivity contribution in [2.45, 2.75) is 6.54 Å². The highest BCUT2D eigenvalue weighted by molar-refractivity contribution is 9.10. The summed E-state index contributed by atoms with van der Waals surface area (Å²) in [5, 5.41) is 5.07. The Morgan fingerprint density at radius 3 is 2.81 bits per heavy atom. The minimum atomic E-state index is -0.332. The van der Waals surface area contributed by atoms with E-state index in [0.717, 1.165) is 26.7 Å². The Morgan fingerprint density at radius 1 is 1.33 bits per heavy atom. The minimum Gasteiger partial charge on any atom is -0.336 e. The maximum Gasteiger partial charge on any atom is 0.315 e. The second kappa shape index (κ2) is 7.46. The van der Waals surface area contributed by atoms with Gasteiger partial charge in [-0.1, -0.05) is 39.8 Å². The molecule has 0 unspecified atom stereocenters. The molecule has 1 saturated heterocycles. The van der Waals surface area contributed by atoms with Crippen LogP contribution in [0.15, 0.2) is 28.7 Å². The van der Waals surface area contributed by atoms with E-state index in [4.69, 9.17) is 0 Å². The fourth-order valence-corrected chi connectivity index (χ4v) is 2.97. The van der Waals surface area contributed by atoms with Gasteiger partial charge >= 0.3 is 6.03 Å². The van der Waals surface area contributed by atoms with Gasteiger partial charge in [-0.05, 0) is 17.7 Å². The van der Waals surface area contributed by atoms with Crippen molar-refractivity contribution in [3.8, 4) is 0 Å². The number of hydrogen-bond donors (Lipinski definition) is 2. The number of nitrogens with zero attached hydrogens (tertiary/aromatic N) is 1. The van der Waals surface area contributed by atoms with Gasteiger partial charge in [0.15, 0.2) is 0 Å². The molecule has 0 aromatic heterocycles. The smallest absolute Gasteiger partial charge is 0.315 e. The number of halogens is 1. The lowest BCUT2D eigenvalue weighted by atomic mass is 10.2. The predicted octanol–water partition coefficient (Wildman–Crippen LogP) is 1.94. The van der Waals surface area contributed by atoms with Crippen LogP contribution in [0.3, 0.4) is 0 Å². The van der Waals surface area contributed by atoms with Crippen molar-refractivity contribution in [2.75, 3.05) is 18.8 Å². The SMILES string of the molecule is O=C(NCCN1C(=O)CSC1=O)NCc1cccc(Br)c1. The first kappa shape index (κ1) is 15.8. The largest absolute Gasteiger partial charge is 0.336 e. The van der Waals surface area contributed by atoms with Gasteiger partial charge in [-0.3, -0.25) is 14.5 Å². The van der Waals surface area contributed by atoms with E-state index in [9.17, 15) is 14.4 Å². The fraction of sp³-hybridized carbons (Fsp3) is 0.308. The van der Waals surface area contributed by atoms with Crippen LogP contribution in [0.4, 0.5) is 9.59 Å². The molecule has 1 aliphatic heterocycles. The Bertz CT molecular complexity index is 551. The molecule has 1 aliphatic rings. The van der Waals surface area contributed by atoms with Crippen molar-refractivity contribution in [1.29, 1.82) is 0 Å². The molecule has 2 rings (SSSR count). The summed E-state index contributed by atoms with van der Waals surface area (Å²) in [6, 6.07) is 7.29. The summed E-state index contributed by atoms with van der Waals surface area (Å²) in [6.07, 6.45) is 0. The number of urea groups is 1. The van der Waals surface area contributed by atoms with Gasteiger partial charge in [0.1, 0.15) is 0 Å². The summed E-state index contributed by atoms with van der Waals surface area (Å²) >= 11 is 4.35. The first-order valence-corrected chi connectivity index (χ1v) is 8.07. The zero-order valence-electron chi connectivity index (χ0n) is 11.1. The van der Waals surface area contributed by atoms with E-state index in [0.29, 0.717) is 6.54 Å². The van der Waals surface area contributed by atoms with Gasteiger partial charge in [-0.15, -0.1) is 0 Å². The minimum absolute atomic E-state index is 0.188. The van der Waals surface area contributed by atoms with Crippen molar-refractivity contribution in [3.05, 3.63) is 34.3 Å². The molecule has 1 heterocycles. The Hall–Kier alpha value is -1.54. The highest BCUT2D eigenvalue weighted by Gasteiger charge is 2.29. The second-order valence-corrected chi connectivity index (χ2v) is 6.18. The van der Waals surface area contributed by atoms with Gasteiger partial charge in [-0.25, -0.2) is 4.79 Å². The molecule has 6 nitrogen and oxygen atoms in total. The number of carbonyl (C=O) groups excluding carboxylic acids is 3. The van der Waals surface area contributed by atoms with E-state index >= 15 is 0 Å². The number of benzene rings is 1. The van der Waals surface area contributed by atoms with Crippen molar-refractivity contribution in [1.82, 2.24) is 15.5 Å². The van der Waals surface area contributed by atoms with Crippen LogP contribution in [0.5, 0.6) is 0 Å². The molecule has 2 N–H and O–H groups in total. The molecule has 0 aliphatic carbocycles. The van der Waals surface area contributed by atoms with Gasteiger partial charge < -0.3 is 10.6 Å². The Balaban J connectivity index is 1.68. The third kappa shape index (κ3) is 4.75. The molecular weight excluding hydrogens is 358 g/mol. The van der Waals surface area contributed by atoms with E-state index in [1.54, 1.807) is 0 Å². The van der Waals surface area contributed by atoms with Gasteiger partial charge in [0.25, 0.3) is 5.24 Å². The maximum absolute atomic E-state index is 11.6. The zero-order chi connectivity index (χ0) is 15.2. The van der Waals surface area contributed by atoms with Gasteiger partial charge in [-0.2, -0.15) is 0 Å². The van der Waals surface area contributed by atoms with Gasteiger partial charge in [0.2, 0.25) is 5.91 Å². The topological polar surface area (TPSA) is 78.5 Å². The molecule has 0 radical (unpaired) electrons. The third-order valence-corrected chi connectivity index (χ3v) is 4.16. The highest BCUT2D eigenvalue weighted by atomic mass is 79.9. The molecule has 1 aromatic rings. The van der Waals surface area contributed by atoms with E-state index < -0.39 is 0 Å². The molecule has 0 bridgehead atoms. The maximum atomic E-state index is 11.6. The Labute approximate surface area is 134 Å². The number of nitrogens with one attached hydrogen (secondary N) is 2. The van der Waals surface area contributed by atoms with Crippen LogP contribution in [0, 0.1) is 0 Å². The van der Waals surface area contributed by atoms with Crippen LogP contribution < -0.4 is 10.6 Å². The van der Waals surface area contributed by atoms with Crippen LogP contribution in [0.25, 0.3) is 0 Å². The van der Waals surface area contributed by atoms with Crippen LogP contribution >= 0.6 is 27.7 Å². The normalized spacial score (nSPS) is 14.4. The summed E-state index contributed by atoms with van der Waals surface area (Å²) < 4.78 is 0.950.